The van der Waals surface area contributed by atoms with Crippen molar-refractivity contribution in [2.75, 3.05) is 20.8 Å². The molecule has 2 unspecified atom stereocenters. The molecular formula is C18H19BrClNO4S. The Morgan fingerprint density at radius 2 is 2.04 bits per heavy atom. The fraction of sp³-hybridized carbons (Fsp3) is 0.389. The Morgan fingerprint density at radius 1 is 1.35 bits per heavy atom. The lowest BCUT2D eigenvalue weighted by Gasteiger charge is -2.32. The van der Waals surface area contributed by atoms with Gasteiger partial charge in [0.2, 0.25) is 0 Å². The van der Waals surface area contributed by atoms with Crippen molar-refractivity contribution >= 4 is 44.8 Å². The number of carboxylic acid groups (broad SMARTS) is 1. The quantitative estimate of drug-likeness (QED) is 0.670. The summed E-state index contributed by atoms with van der Waals surface area (Å²) < 4.78 is 12.3. The molecule has 0 radical (unpaired) electrons. The van der Waals surface area contributed by atoms with Crippen LogP contribution in [0.3, 0.4) is 0 Å². The highest BCUT2D eigenvalue weighted by Crippen LogP contribution is 2.44. The van der Waals surface area contributed by atoms with Gasteiger partial charge in [0.25, 0.3) is 0 Å². The van der Waals surface area contributed by atoms with E-state index in [1.165, 1.54) is 11.3 Å². The van der Waals surface area contributed by atoms with Gasteiger partial charge in [-0.15, -0.1) is 11.3 Å². The minimum atomic E-state index is -0.799. The molecule has 2 aromatic rings. The number of aliphatic carboxylic acids is 1. The van der Waals surface area contributed by atoms with E-state index in [-0.39, 0.29) is 6.04 Å². The number of likely N-dealkylation sites (tertiary alicyclic amines) is 1. The van der Waals surface area contributed by atoms with E-state index in [0.717, 1.165) is 21.3 Å². The minimum Gasteiger partial charge on any atom is -0.493 e. The number of thiophene rings is 1. The Kier molecular flexibility index (Phi) is 6.12. The van der Waals surface area contributed by atoms with E-state index >= 15 is 0 Å². The van der Waals surface area contributed by atoms with Crippen molar-refractivity contribution in [3.8, 4) is 11.5 Å². The molecule has 0 bridgehead atoms. The second kappa shape index (κ2) is 8.17. The highest BCUT2D eigenvalue weighted by molar-refractivity contribution is 9.10. The summed E-state index contributed by atoms with van der Waals surface area (Å²) in [6, 6.07) is 6.79. The van der Waals surface area contributed by atoms with Crippen LogP contribution in [-0.4, -0.2) is 42.8 Å². The molecule has 0 amide bonds. The van der Waals surface area contributed by atoms with Crippen LogP contribution in [0.5, 0.6) is 11.5 Å². The minimum absolute atomic E-state index is 0.231. The zero-order valence-corrected chi connectivity index (χ0v) is 17.5. The van der Waals surface area contributed by atoms with Crippen LogP contribution >= 0.6 is 38.9 Å². The lowest BCUT2D eigenvalue weighted by Crippen LogP contribution is -2.39. The zero-order valence-electron chi connectivity index (χ0n) is 14.4. The number of nitrogens with zero attached hydrogens (tertiary/aromatic N) is 1. The normalized spacial score (nSPS) is 18.7. The monoisotopic (exact) mass is 459 g/mol. The van der Waals surface area contributed by atoms with E-state index in [1.807, 2.05) is 29.2 Å². The Morgan fingerprint density at radius 3 is 2.62 bits per heavy atom. The molecule has 1 saturated heterocycles. The number of hydrogen-bond donors (Lipinski definition) is 1. The van der Waals surface area contributed by atoms with Gasteiger partial charge in [0, 0.05) is 15.9 Å². The smallest absolute Gasteiger partial charge is 0.320 e. The fourth-order valence-electron chi connectivity index (χ4n) is 3.41. The largest absolute Gasteiger partial charge is 0.493 e. The Balaban J connectivity index is 2.14. The molecule has 1 fully saturated rings. The van der Waals surface area contributed by atoms with E-state index in [2.05, 4.69) is 15.9 Å². The van der Waals surface area contributed by atoms with Crippen molar-refractivity contribution in [1.29, 1.82) is 0 Å². The van der Waals surface area contributed by atoms with Gasteiger partial charge in [-0.25, -0.2) is 0 Å². The van der Waals surface area contributed by atoms with Gasteiger partial charge in [0.1, 0.15) is 6.04 Å². The number of rotatable bonds is 6. The molecule has 1 N–H and O–H groups in total. The third-order valence-corrected chi connectivity index (χ3v) is 6.54. The van der Waals surface area contributed by atoms with Crippen molar-refractivity contribution in [1.82, 2.24) is 4.90 Å². The zero-order chi connectivity index (χ0) is 18.8. The van der Waals surface area contributed by atoms with Crippen LogP contribution in [0.15, 0.2) is 28.7 Å². The number of halogens is 2. The number of methoxy groups -OCH3 is 2. The number of hydrogen-bond acceptors (Lipinski definition) is 5. The maximum absolute atomic E-state index is 11.8. The van der Waals surface area contributed by atoms with E-state index in [1.54, 1.807) is 14.2 Å². The summed E-state index contributed by atoms with van der Waals surface area (Å²) >= 11 is 11.3. The summed E-state index contributed by atoms with van der Waals surface area (Å²) in [5, 5.41) is 9.66. The molecule has 1 aromatic heterocycles. The molecule has 140 valence electrons. The third kappa shape index (κ3) is 3.71. The van der Waals surface area contributed by atoms with E-state index < -0.39 is 12.0 Å². The molecule has 5 nitrogen and oxygen atoms in total. The first-order valence-electron chi connectivity index (χ1n) is 8.11. The molecule has 0 aliphatic carbocycles. The molecule has 1 aromatic carbocycles. The maximum Gasteiger partial charge on any atom is 0.320 e. The molecule has 8 heteroatoms. The topological polar surface area (TPSA) is 59.0 Å². The molecule has 26 heavy (non-hydrogen) atoms. The van der Waals surface area contributed by atoms with Crippen LogP contribution in [0.2, 0.25) is 4.34 Å². The SMILES string of the molecule is COc1cc(Br)c(C(c2ccc(Cl)s2)N2CCCC2C(=O)O)cc1OC. The maximum atomic E-state index is 11.8. The highest BCUT2D eigenvalue weighted by atomic mass is 79.9. The van der Waals surface area contributed by atoms with Crippen molar-refractivity contribution in [3.05, 3.63) is 43.5 Å². The van der Waals surface area contributed by atoms with Gasteiger partial charge >= 0.3 is 5.97 Å². The van der Waals surface area contributed by atoms with Crippen LogP contribution in [0, 0.1) is 0 Å². The van der Waals surface area contributed by atoms with Crippen LogP contribution in [0.1, 0.15) is 29.3 Å². The predicted octanol–water partition coefficient (Wildman–Crippen LogP) is 4.82. The van der Waals surface area contributed by atoms with Crippen LogP contribution < -0.4 is 9.47 Å². The molecular weight excluding hydrogens is 442 g/mol. The van der Waals surface area contributed by atoms with Gasteiger partial charge in [0.15, 0.2) is 11.5 Å². The summed E-state index contributed by atoms with van der Waals surface area (Å²) in [5.74, 6) is 0.415. The van der Waals surface area contributed by atoms with Crippen molar-refractivity contribution in [2.45, 2.75) is 24.9 Å². The number of ether oxygens (including phenoxy) is 2. The third-order valence-electron chi connectivity index (χ3n) is 4.57. The van der Waals surface area contributed by atoms with Crippen molar-refractivity contribution in [2.24, 2.45) is 0 Å². The fourth-order valence-corrected chi connectivity index (χ4v) is 5.15. The van der Waals surface area contributed by atoms with E-state index in [0.29, 0.717) is 28.8 Å². The number of carbonyl (C=O) groups is 1. The first-order valence-corrected chi connectivity index (χ1v) is 10.1. The lowest BCUT2D eigenvalue weighted by molar-refractivity contribution is -0.142. The van der Waals surface area contributed by atoms with Gasteiger partial charge in [-0.1, -0.05) is 27.5 Å². The molecule has 2 atom stereocenters. The molecule has 1 aliphatic heterocycles. The second-order valence-electron chi connectivity index (χ2n) is 6.01. The van der Waals surface area contributed by atoms with Crippen molar-refractivity contribution in [3.63, 3.8) is 0 Å². The Bertz CT molecular complexity index is 812. The van der Waals surface area contributed by atoms with Gasteiger partial charge in [0.05, 0.1) is 24.6 Å². The highest BCUT2D eigenvalue weighted by Gasteiger charge is 2.38. The lowest BCUT2D eigenvalue weighted by atomic mass is 10.0. The average molecular weight is 461 g/mol. The molecule has 2 heterocycles. The van der Waals surface area contributed by atoms with Gasteiger partial charge in [-0.3, -0.25) is 9.69 Å². The van der Waals surface area contributed by atoms with Crippen molar-refractivity contribution < 1.29 is 19.4 Å². The molecule has 3 rings (SSSR count). The Hall–Kier alpha value is -1.28. The van der Waals surface area contributed by atoms with E-state index in [9.17, 15) is 9.90 Å². The van der Waals surface area contributed by atoms with Crippen LogP contribution in [-0.2, 0) is 4.79 Å². The summed E-state index contributed by atoms with van der Waals surface area (Å²) in [6.45, 7) is 0.706. The van der Waals surface area contributed by atoms with Gasteiger partial charge in [-0.2, -0.15) is 0 Å². The van der Waals surface area contributed by atoms with Gasteiger partial charge in [-0.05, 0) is 42.7 Å². The molecule has 1 aliphatic rings. The summed E-state index contributed by atoms with van der Waals surface area (Å²) in [4.78, 5) is 14.8. The molecule has 0 saturated carbocycles. The van der Waals surface area contributed by atoms with Crippen LogP contribution in [0.25, 0.3) is 0 Å². The second-order valence-corrected chi connectivity index (χ2v) is 8.61. The summed E-state index contributed by atoms with van der Waals surface area (Å²) in [5.41, 5.74) is 0.925. The number of carboxylic acids is 1. The average Bonchev–Trinajstić information content (AvgIpc) is 3.26. The number of benzene rings is 1. The van der Waals surface area contributed by atoms with Crippen LogP contribution in [0.4, 0.5) is 0 Å². The predicted molar refractivity (Wildman–Crippen MR) is 106 cm³/mol. The van der Waals surface area contributed by atoms with Gasteiger partial charge < -0.3 is 14.6 Å². The first kappa shape index (κ1) is 19.5. The summed E-state index contributed by atoms with van der Waals surface area (Å²) in [7, 11) is 3.17. The first-order chi connectivity index (χ1) is 12.5. The standard InChI is InChI=1S/C18H19BrClNO4S/c1-24-13-8-10(11(19)9-14(13)25-2)17(15-5-6-16(20)26-15)21-7-3-4-12(21)18(22)23/h5-6,8-9,12,17H,3-4,7H2,1-2H3,(H,22,23). The summed E-state index contributed by atoms with van der Waals surface area (Å²) in [6.07, 6.45) is 1.48. The Labute approximate surface area is 169 Å². The van der Waals surface area contributed by atoms with E-state index in [4.69, 9.17) is 21.1 Å². The molecule has 0 spiro atoms.